The molecule has 1 aliphatic rings. The lowest BCUT2D eigenvalue weighted by molar-refractivity contribution is -0.136. The third kappa shape index (κ3) is 5.21. The summed E-state index contributed by atoms with van der Waals surface area (Å²) in [6, 6.07) is 0.417. The van der Waals surface area contributed by atoms with Crippen molar-refractivity contribution in [3.8, 4) is 0 Å². The van der Waals surface area contributed by atoms with Crippen molar-refractivity contribution in [3.63, 3.8) is 0 Å². The lowest BCUT2D eigenvalue weighted by atomic mass is 10.1. The number of hydrogen-bond donors (Lipinski definition) is 0. The molecular weight excluding hydrogens is 256 g/mol. The highest BCUT2D eigenvalue weighted by atomic mass is 16.5. The van der Waals surface area contributed by atoms with Gasteiger partial charge in [0.15, 0.2) is 0 Å². The van der Waals surface area contributed by atoms with Gasteiger partial charge >= 0.3 is 0 Å². The number of hydrogen-bond acceptors (Lipinski definition) is 4. The molecule has 1 rings (SSSR count). The maximum absolute atomic E-state index is 12.3. The van der Waals surface area contributed by atoms with E-state index in [0.717, 1.165) is 19.4 Å². The van der Waals surface area contributed by atoms with E-state index in [4.69, 9.17) is 4.74 Å². The molecule has 5 nitrogen and oxygen atoms in total. The predicted molar refractivity (Wildman–Crippen MR) is 78.6 cm³/mol. The maximum Gasteiger partial charge on any atom is 0.236 e. The minimum atomic E-state index is 0.139. The minimum absolute atomic E-state index is 0.139. The van der Waals surface area contributed by atoms with Crippen molar-refractivity contribution in [1.82, 2.24) is 9.80 Å². The van der Waals surface area contributed by atoms with E-state index < -0.39 is 0 Å². The van der Waals surface area contributed by atoms with Crippen molar-refractivity contribution < 1.29 is 14.3 Å². The number of amides is 1. The number of ketones is 1. The van der Waals surface area contributed by atoms with Crippen LogP contribution in [0, 0.1) is 0 Å². The number of nitrogens with zero attached hydrogens (tertiary/aromatic N) is 2. The van der Waals surface area contributed by atoms with Crippen LogP contribution in [-0.4, -0.2) is 67.4 Å². The van der Waals surface area contributed by atoms with E-state index in [-0.39, 0.29) is 11.7 Å². The lowest BCUT2D eigenvalue weighted by Gasteiger charge is -2.33. The van der Waals surface area contributed by atoms with Crippen LogP contribution in [0.4, 0.5) is 0 Å². The normalized spacial score (nSPS) is 16.2. The average Bonchev–Trinajstić information content (AvgIpc) is 2.46. The average molecular weight is 284 g/mol. The third-order valence-electron chi connectivity index (χ3n) is 4.05. The molecule has 0 bridgehead atoms. The number of likely N-dealkylation sites (tertiary alicyclic amines) is 1. The van der Waals surface area contributed by atoms with Crippen molar-refractivity contribution in [2.24, 2.45) is 0 Å². The molecule has 1 aliphatic heterocycles. The van der Waals surface area contributed by atoms with Crippen LogP contribution in [0.2, 0.25) is 0 Å². The van der Waals surface area contributed by atoms with Crippen LogP contribution in [0.3, 0.4) is 0 Å². The Labute approximate surface area is 122 Å². The Morgan fingerprint density at radius 1 is 1.30 bits per heavy atom. The number of carbonyl (C=O) groups excluding carboxylic acids is 2. The first kappa shape index (κ1) is 17.1. The fraction of sp³-hybridized carbons (Fsp3) is 0.867. The summed E-state index contributed by atoms with van der Waals surface area (Å²) in [5, 5.41) is 0. The monoisotopic (exact) mass is 284 g/mol. The summed E-state index contributed by atoms with van der Waals surface area (Å²) in [7, 11) is 1.68. The van der Waals surface area contributed by atoms with E-state index in [1.54, 1.807) is 7.11 Å². The molecule has 0 aliphatic carbocycles. The van der Waals surface area contributed by atoms with E-state index >= 15 is 0 Å². The number of methoxy groups -OCH3 is 1. The van der Waals surface area contributed by atoms with Gasteiger partial charge < -0.3 is 9.64 Å². The van der Waals surface area contributed by atoms with Gasteiger partial charge in [0.05, 0.1) is 13.2 Å². The number of Topliss-reactive ketones (excluding diaryl/α,β-unsaturated/α-hetero) is 1. The smallest absolute Gasteiger partial charge is 0.236 e. The second-order valence-corrected chi connectivity index (χ2v) is 5.35. The Morgan fingerprint density at radius 2 is 1.90 bits per heavy atom. The SMILES string of the molecule is CCC(CC)N(CCOC)CC(=O)N1CCC(=O)CC1. The van der Waals surface area contributed by atoms with Gasteiger partial charge in [-0.1, -0.05) is 13.8 Å². The van der Waals surface area contributed by atoms with E-state index in [1.165, 1.54) is 0 Å². The van der Waals surface area contributed by atoms with Crippen LogP contribution >= 0.6 is 0 Å². The van der Waals surface area contributed by atoms with E-state index in [2.05, 4.69) is 18.7 Å². The first-order chi connectivity index (χ1) is 9.62. The fourth-order valence-electron chi connectivity index (χ4n) is 2.68. The summed E-state index contributed by atoms with van der Waals surface area (Å²) in [4.78, 5) is 27.6. The van der Waals surface area contributed by atoms with Crippen molar-refractivity contribution in [3.05, 3.63) is 0 Å². The third-order valence-corrected chi connectivity index (χ3v) is 4.05. The van der Waals surface area contributed by atoms with Gasteiger partial charge in [0.25, 0.3) is 0 Å². The molecule has 1 saturated heterocycles. The van der Waals surface area contributed by atoms with E-state index in [1.807, 2.05) is 4.90 Å². The molecular formula is C15H28N2O3. The molecule has 0 unspecified atom stereocenters. The standard InChI is InChI=1S/C15H28N2O3/c1-4-13(5-2)17(10-11-20-3)12-15(19)16-8-6-14(18)7-9-16/h13H,4-12H2,1-3H3. The summed E-state index contributed by atoms with van der Waals surface area (Å²) in [5.41, 5.74) is 0. The minimum Gasteiger partial charge on any atom is -0.383 e. The highest BCUT2D eigenvalue weighted by molar-refractivity contribution is 5.84. The summed E-state index contributed by atoms with van der Waals surface area (Å²) in [6.45, 7) is 7.32. The predicted octanol–water partition coefficient (Wildman–Crippen LogP) is 1.31. The topological polar surface area (TPSA) is 49.9 Å². The molecule has 0 N–H and O–H groups in total. The van der Waals surface area contributed by atoms with Gasteiger partial charge in [-0.3, -0.25) is 14.5 Å². The molecule has 1 fully saturated rings. The molecule has 0 atom stereocenters. The van der Waals surface area contributed by atoms with Gasteiger partial charge in [0.1, 0.15) is 5.78 Å². The van der Waals surface area contributed by atoms with Crippen molar-refractivity contribution in [1.29, 1.82) is 0 Å². The van der Waals surface area contributed by atoms with Crippen LogP contribution in [0.25, 0.3) is 0 Å². The van der Waals surface area contributed by atoms with Crippen molar-refractivity contribution >= 4 is 11.7 Å². The summed E-state index contributed by atoms with van der Waals surface area (Å²) in [6.07, 6.45) is 3.08. The van der Waals surface area contributed by atoms with Gasteiger partial charge in [0.2, 0.25) is 5.91 Å². The number of rotatable bonds is 8. The van der Waals surface area contributed by atoms with Crippen LogP contribution in [0.15, 0.2) is 0 Å². The molecule has 1 heterocycles. The second kappa shape index (κ2) is 9.08. The molecule has 0 saturated carbocycles. The number of carbonyl (C=O) groups is 2. The molecule has 0 spiro atoms. The summed E-state index contributed by atoms with van der Waals surface area (Å²) in [5.74, 6) is 0.408. The molecule has 0 radical (unpaired) electrons. The highest BCUT2D eigenvalue weighted by Crippen LogP contribution is 2.11. The van der Waals surface area contributed by atoms with Crippen molar-refractivity contribution in [2.45, 2.75) is 45.6 Å². The van der Waals surface area contributed by atoms with E-state index in [0.29, 0.717) is 45.1 Å². The molecule has 20 heavy (non-hydrogen) atoms. The quantitative estimate of drug-likeness (QED) is 0.674. The van der Waals surface area contributed by atoms with Gasteiger partial charge in [-0.25, -0.2) is 0 Å². The number of piperidine rings is 1. The molecule has 0 aromatic rings. The van der Waals surface area contributed by atoms with Gasteiger partial charge in [-0.15, -0.1) is 0 Å². The Bertz CT molecular complexity index is 306. The second-order valence-electron chi connectivity index (χ2n) is 5.35. The van der Waals surface area contributed by atoms with Crippen LogP contribution in [-0.2, 0) is 14.3 Å². The van der Waals surface area contributed by atoms with Crippen LogP contribution < -0.4 is 0 Å². The zero-order valence-electron chi connectivity index (χ0n) is 13.1. The van der Waals surface area contributed by atoms with Gasteiger partial charge in [0, 0.05) is 45.6 Å². The lowest BCUT2D eigenvalue weighted by Crippen LogP contribution is -2.47. The zero-order chi connectivity index (χ0) is 15.0. The Hall–Kier alpha value is -0.940. The first-order valence-corrected chi connectivity index (χ1v) is 7.64. The first-order valence-electron chi connectivity index (χ1n) is 7.64. The zero-order valence-corrected chi connectivity index (χ0v) is 13.1. The molecule has 1 amide bonds. The summed E-state index contributed by atoms with van der Waals surface area (Å²) < 4.78 is 5.14. The van der Waals surface area contributed by atoms with Crippen molar-refractivity contribution in [2.75, 3.05) is 39.9 Å². The number of ether oxygens (including phenoxy) is 1. The molecule has 0 aromatic heterocycles. The largest absolute Gasteiger partial charge is 0.383 e. The Morgan fingerprint density at radius 3 is 2.40 bits per heavy atom. The Balaban J connectivity index is 2.54. The fourth-order valence-corrected chi connectivity index (χ4v) is 2.68. The maximum atomic E-state index is 12.3. The van der Waals surface area contributed by atoms with Crippen LogP contribution in [0.1, 0.15) is 39.5 Å². The molecule has 5 heteroatoms. The van der Waals surface area contributed by atoms with Crippen LogP contribution in [0.5, 0.6) is 0 Å². The molecule has 116 valence electrons. The van der Waals surface area contributed by atoms with E-state index in [9.17, 15) is 9.59 Å². The summed E-state index contributed by atoms with van der Waals surface area (Å²) >= 11 is 0. The van der Waals surface area contributed by atoms with Gasteiger partial charge in [-0.05, 0) is 12.8 Å². The molecule has 0 aromatic carbocycles. The van der Waals surface area contributed by atoms with Gasteiger partial charge in [-0.2, -0.15) is 0 Å². The Kier molecular flexibility index (Phi) is 7.77. The highest BCUT2D eigenvalue weighted by Gasteiger charge is 2.24.